The summed E-state index contributed by atoms with van der Waals surface area (Å²) in [7, 11) is 0. The highest BCUT2D eigenvalue weighted by Gasteiger charge is 2.11. The van der Waals surface area contributed by atoms with Gasteiger partial charge in [-0.1, -0.05) is 35.4 Å². The molecule has 94 valence electrons. The zero-order valence-electron chi connectivity index (χ0n) is 10.4. The quantitative estimate of drug-likeness (QED) is 0.784. The van der Waals surface area contributed by atoms with Crippen molar-refractivity contribution in [2.75, 3.05) is 0 Å². The molecule has 4 heteroatoms. The molecule has 0 saturated heterocycles. The van der Waals surface area contributed by atoms with Gasteiger partial charge in [0.05, 0.1) is 0 Å². The third-order valence-electron chi connectivity index (χ3n) is 2.83. The van der Waals surface area contributed by atoms with Gasteiger partial charge in [0.25, 0.3) is 0 Å². The van der Waals surface area contributed by atoms with Crippen molar-refractivity contribution < 1.29 is 4.79 Å². The Morgan fingerprint density at radius 1 is 1.39 bits per heavy atom. The van der Waals surface area contributed by atoms with Crippen LogP contribution in [-0.2, 0) is 6.42 Å². The summed E-state index contributed by atoms with van der Waals surface area (Å²) in [5.74, 6) is 0.0619. The van der Waals surface area contributed by atoms with Crippen LogP contribution in [-0.4, -0.2) is 10.8 Å². The van der Waals surface area contributed by atoms with Crippen LogP contribution in [0.2, 0.25) is 5.15 Å². The van der Waals surface area contributed by atoms with Crippen molar-refractivity contribution in [2.24, 2.45) is 0 Å². The van der Waals surface area contributed by atoms with Crippen LogP contribution in [0.3, 0.4) is 0 Å². The third-order valence-corrected chi connectivity index (χ3v) is 4.04. The van der Waals surface area contributed by atoms with Gasteiger partial charge in [-0.15, -0.1) is 11.3 Å². The van der Waals surface area contributed by atoms with E-state index in [0.717, 1.165) is 6.42 Å². The lowest BCUT2D eigenvalue weighted by atomic mass is 10.0. The van der Waals surface area contributed by atoms with E-state index in [2.05, 4.69) is 37.0 Å². The highest BCUT2D eigenvalue weighted by atomic mass is 35.5. The number of benzene rings is 1. The van der Waals surface area contributed by atoms with E-state index in [4.69, 9.17) is 11.6 Å². The topological polar surface area (TPSA) is 30.0 Å². The number of carbonyl (C=O) groups is 1. The molecule has 0 spiro atoms. The number of hydrogen-bond donors (Lipinski definition) is 0. The van der Waals surface area contributed by atoms with Crippen LogP contribution in [0.15, 0.2) is 23.6 Å². The van der Waals surface area contributed by atoms with Crippen LogP contribution in [0.5, 0.6) is 0 Å². The Kier molecular flexibility index (Phi) is 4.15. The fourth-order valence-electron chi connectivity index (χ4n) is 1.86. The highest BCUT2D eigenvalue weighted by molar-refractivity contribution is 7.12. The minimum absolute atomic E-state index is 0.0619. The maximum Gasteiger partial charge on any atom is 0.191 e. The Labute approximate surface area is 116 Å². The van der Waals surface area contributed by atoms with E-state index >= 15 is 0 Å². The van der Waals surface area contributed by atoms with Crippen LogP contribution in [0.4, 0.5) is 0 Å². The van der Waals surface area contributed by atoms with Gasteiger partial charge in [0, 0.05) is 11.8 Å². The zero-order chi connectivity index (χ0) is 13.1. The van der Waals surface area contributed by atoms with E-state index in [1.54, 1.807) is 5.38 Å². The first-order valence-electron chi connectivity index (χ1n) is 5.76. The van der Waals surface area contributed by atoms with Crippen LogP contribution in [0.25, 0.3) is 0 Å². The number of nitrogens with zero attached hydrogens (tertiary/aromatic N) is 1. The molecular formula is C14H14ClNOS. The molecule has 0 saturated carbocycles. The molecule has 0 radical (unpaired) electrons. The molecule has 0 fully saturated rings. The SMILES string of the molecule is Cc1ccc(CCC(=O)c2nc(Cl)cs2)c(C)c1. The second-order valence-corrected chi connectivity index (χ2v) is 5.57. The van der Waals surface area contributed by atoms with Gasteiger partial charge in [-0.2, -0.15) is 0 Å². The first kappa shape index (κ1) is 13.2. The van der Waals surface area contributed by atoms with Gasteiger partial charge in [-0.3, -0.25) is 4.79 Å². The van der Waals surface area contributed by atoms with Gasteiger partial charge >= 0.3 is 0 Å². The fourth-order valence-corrected chi connectivity index (χ4v) is 2.78. The van der Waals surface area contributed by atoms with Crippen LogP contribution < -0.4 is 0 Å². The molecule has 0 N–H and O–H groups in total. The highest BCUT2D eigenvalue weighted by Crippen LogP contribution is 2.18. The molecule has 18 heavy (non-hydrogen) atoms. The summed E-state index contributed by atoms with van der Waals surface area (Å²) in [6.45, 7) is 4.15. The van der Waals surface area contributed by atoms with Crippen molar-refractivity contribution in [1.29, 1.82) is 0 Å². The number of rotatable bonds is 4. The summed E-state index contributed by atoms with van der Waals surface area (Å²) in [4.78, 5) is 15.9. The van der Waals surface area contributed by atoms with Crippen molar-refractivity contribution in [3.05, 3.63) is 50.4 Å². The Bertz CT molecular complexity index is 577. The predicted octanol–water partition coefficient (Wildman–Crippen LogP) is 4.23. The Morgan fingerprint density at radius 3 is 2.78 bits per heavy atom. The van der Waals surface area contributed by atoms with Gasteiger partial charge in [-0.05, 0) is 31.4 Å². The molecule has 2 rings (SSSR count). The van der Waals surface area contributed by atoms with E-state index in [-0.39, 0.29) is 5.78 Å². The van der Waals surface area contributed by atoms with Crippen LogP contribution in [0.1, 0.15) is 32.9 Å². The molecule has 0 unspecified atom stereocenters. The average Bonchev–Trinajstić information content (AvgIpc) is 2.74. The molecular weight excluding hydrogens is 266 g/mol. The summed E-state index contributed by atoms with van der Waals surface area (Å²) in [6, 6.07) is 6.31. The molecule has 0 aliphatic rings. The number of thiazole rings is 1. The van der Waals surface area contributed by atoms with E-state index in [0.29, 0.717) is 16.6 Å². The number of Topliss-reactive ketones (excluding diaryl/α,β-unsaturated/α-hetero) is 1. The van der Waals surface area contributed by atoms with E-state index in [1.165, 1.54) is 28.0 Å². The molecule has 0 bridgehead atoms. The lowest BCUT2D eigenvalue weighted by Crippen LogP contribution is -2.01. The summed E-state index contributed by atoms with van der Waals surface area (Å²) in [5, 5.41) is 2.59. The summed E-state index contributed by atoms with van der Waals surface area (Å²) in [5.41, 5.74) is 3.70. The number of carbonyl (C=O) groups excluding carboxylic acids is 1. The monoisotopic (exact) mass is 279 g/mol. The Morgan fingerprint density at radius 2 is 2.17 bits per heavy atom. The molecule has 0 atom stereocenters. The molecule has 1 aromatic heterocycles. The van der Waals surface area contributed by atoms with Crippen molar-refractivity contribution in [2.45, 2.75) is 26.7 Å². The van der Waals surface area contributed by atoms with Crippen LogP contribution >= 0.6 is 22.9 Å². The van der Waals surface area contributed by atoms with Crippen molar-refractivity contribution >= 4 is 28.7 Å². The first-order valence-corrected chi connectivity index (χ1v) is 7.02. The van der Waals surface area contributed by atoms with Gasteiger partial charge in [0.1, 0.15) is 5.15 Å². The van der Waals surface area contributed by atoms with E-state index in [9.17, 15) is 4.79 Å². The van der Waals surface area contributed by atoms with Crippen LogP contribution in [0, 0.1) is 13.8 Å². The molecule has 2 aromatic rings. The van der Waals surface area contributed by atoms with Gasteiger partial charge in [-0.25, -0.2) is 4.98 Å². The van der Waals surface area contributed by atoms with Gasteiger partial charge in [0.15, 0.2) is 10.8 Å². The van der Waals surface area contributed by atoms with Gasteiger partial charge in [0.2, 0.25) is 0 Å². The molecule has 0 aliphatic carbocycles. The number of aryl methyl sites for hydroxylation is 3. The molecule has 1 aromatic carbocycles. The number of aromatic nitrogens is 1. The third kappa shape index (κ3) is 3.18. The maximum absolute atomic E-state index is 11.9. The Balaban J connectivity index is 2.01. The maximum atomic E-state index is 11.9. The fraction of sp³-hybridized carbons (Fsp3) is 0.286. The molecule has 0 amide bonds. The smallest absolute Gasteiger partial charge is 0.191 e. The number of halogens is 1. The number of hydrogen-bond acceptors (Lipinski definition) is 3. The molecule has 2 nitrogen and oxygen atoms in total. The van der Waals surface area contributed by atoms with Crippen molar-refractivity contribution in [3.63, 3.8) is 0 Å². The average molecular weight is 280 g/mol. The lowest BCUT2D eigenvalue weighted by Gasteiger charge is -2.05. The molecule has 0 aliphatic heterocycles. The zero-order valence-corrected chi connectivity index (χ0v) is 11.9. The van der Waals surface area contributed by atoms with Gasteiger partial charge < -0.3 is 0 Å². The van der Waals surface area contributed by atoms with E-state index < -0.39 is 0 Å². The Hall–Kier alpha value is -1.19. The summed E-state index contributed by atoms with van der Waals surface area (Å²) in [6.07, 6.45) is 1.23. The number of ketones is 1. The van der Waals surface area contributed by atoms with Crippen molar-refractivity contribution in [1.82, 2.24) is 4.98 Å². The summed E-state index contributed by atoms with van der Waals surface area (Å²) >= 11 is 7.02. The predicted molar refractivity (Wildman–Crippen MR) is 75.7 cm³/mol. The molecule has 1 heterocycles. The van der Waals surface area contributed by atoms with Crippen molar-refractivity contribution in [3.8, 4) is 0 Å². The second-order valence-electron chi connectivity index (χ2n) is 4.33. The first-order chi connectivity index (χ1) is 8.56. The largest absolute Gasteiger partial charge is 0.292 e. The summed E-state index contributed by atoms with van der Waals surface area (Å²) < 4.78 is 0. The minimum Gasteiger partial charge on any atom is -0.292 e. The normalized spacial score (nSPS) is 10.6. The standard InChI is InChI=1S/C14H14ClNOS/c1-9-3-4-11(10(2)7-9)5-6-12(17)14-16-13(15)8-18-14/h3-4,7-8H,5-6H2,1-2H3. The minimum atomic E-state index is 0.0619. The second kappa shape index (κ2) is 5.63. The lowest BCUT2D eigenvalue weighted by molar-refractivity contribution is 0.0982. The van der Waals surface area contributed by atoms with E-state index in [1.807, 2.05) is 0 Å².